The lowest BCUT2D eigenvalue weighted by Gasteiger charge is -2.20. The number of hydrogen-bond donors (Lipinski definition) is 3. The summed E-state index contributed by atoms with van der Waals surface area (Å²) in [5, 5.41) is 12.6. The molecule has 0 spiro atoms. The Hall–Kier alpha value is -1.95. The summed E-state index contributed by atoms with van der Waals surface area (Å²) in [7, 11) is 1.45. The van der Waals surface area contributed by atoms with Gasteiger partial charge in [0.05, 0.1) is 12.8 Å². The van der Waals surface area contributed by atoms with Crippen LogP contribution in [-0.4, -0.2) is 30.0 Å². The molecular weight excluding hydrogens is 272 g/mol. The number of amides is 1. The monoisotopic (exact) mass is 296 g/mol. The third-order valence-corrected chi connectivity index (χ3v) is 2.55. The van der Waals surface area contributed by atoms with Crippen LogP contribution in [0, 0.1) is 0 Å². The fourth-order valence-corrected chi connectivity index (χ4v) is 1.82. The molecule has 0 aromatic heterocycles. The Balaban J connectivity index is 3.02. The maximum absolute atomic E-state index is 11.8. The number of carbonyl (C=O) groups excluding carboxylic acids is 1. The van der Waals surface area contributed by atoms with E-state index in [1.807, 2.05) is 6.92 Å². The van der Waals surface area contributed by atoms with E-state index >= 15 is 0 Å². The standard InChI is InChI=1S/C15H24N2O4/c1-9(16)6-10-7-11(13(18)12(8-10)20-5)17-14(19)21-15(2,3)4/h7-9,18H,6,16H2,1-5H3,(H,17,19)/t9-/m1/s1. The minimum absolute atomic E-state index is 0.0476. The van der Waals surface area contributed by atoms with E-state index in [1.54, 1.807) is 32.9 Å². The number of methoxy groups -OCH3 is 1. The second-order valence-corrected chi connectivity index (χ2v) is 6.00. The summed E-state index contributed by atoms with van der Waals surface area (Å²) in [6.07, 6.45) is -0.0441. The molecule has 1 aromatic rings. The number of hydrogen-bond acceptors (Lipinski definition) is 5. The summed E-state index contributed by atoms with van der Waals surface area (Å²) in [6.45, 7) is 7.17. The molecule has 1 atom stereocenters. The number of phenolic OH excluding ortho intramolecular Hbond substituents is 1. The summed E-state index contributed by atoms with van der Waals surface area (Å²) < 4.78 is 10.3. The van der Waals surface area contributed by atoms with Gasteiger partial charge < -0.3 is 20.3 Å². The number of nitrogens with two attached hydrogens (primary N) is 1. The Morgan fingerprint density at radius 1 is 1.43 bits per heavy atom. The molecule has 4 N–H and O–H groups in total. The number of carbonyl (C=O) groups is 1. The highest BCUT2D eigenvalue weighted by Gasteiger charge is 2.19. The highest BCUT2D eigenvalue weighted by atomic mass is 16.6. The number of aromatic hydroxyl groups is 1. The van der Waals surface area contributed by atoms with Gasteiger partial charge in [-0.1, -0.05) is 0 Å². The molecule has 0 saturated carbocycles. The van der Waals surface area contributed by atoms with Crippen LogP contribution in [0.1, 0.15) is 33.3 Å². The van der Waals surface area contributed by atoms with E-state index in [2.05, 4.69) is 5.32 Å². The SMILES string of the molecule is COc1cc(C[C@@H](C)N)cc(NC(=O)OC(C)(C)C)c1O. The van der Waals surface area contributed by atoms with Gasteiger partial charge in [-0.05, 0) is 51.8 Å². The Morgan fingerprint density at radius 2 is 2.05 bits per heavy atom. The van der Waals surface area contributed by atoms with Gasteiger partial charge >= 0.3 is 6.09 Å². The number of phenols is 1. The maximum Gasteiger partial charge on any atom is 0.412 e. The Kier molecular flexibility index (Phi) is 5.43. The summed E-state index contributed by atoms with van der Waals surface area (Å²) >= 11 is 0. The molecule has 1 aromatic carbocycles. The van der Waals surface area contributed by atoms with Gasteiger partial charge in [-0.2, -0.15) is 0 Å². The summed E-state index contributed by atoms with van der Waals surface area (Å²) in [5.41, 5.74) is 6.24. The predicted molar refractivity (Wildman–Crippen MR) is 81.9 cm³/mol. The highest BCUT2D eigenvalue weighted by molar-refractivity contribution is 5.88. The lowest BCUT2D eigenvalue weighted by molar-refractivity contribution is 0.0635. The average Bonchev–Trinajstić information content (AvgIpc) is 2.29. The first kappa shape index (κ1) is 17.1. The highest BCUT2D eigenvalue weighted by Crippen LogP contribution is 2.36. The smallest absolute Gasteiger partial charge is 0.412 e. The second kappa shape index (κ2) is 6.67. The summed E-state index contributed by atoms with van der Waals surface area (Å²) in [5.74, 6) is 0.135. The first-order chi connectivity index (χ1) is 9.62. The van der Waals surface area contributed by atoms with Crippen molar-refractivity contribution in [2.75, 3.05) is 12.4 Å². The minimum atomic E-state index is -0.641. The van der Waals surface area contributed by atoms with E-state index in [1.165, 1.54) is 7.11 Å². The molecule has 0 heterocycles. The topological polar surface area (TPSA) is 93.8 Å². The van der Waals surface area contributed by atoms with Gasteiger partial charge in [-0.25, -0.2) is 4.79 Å². The number of anilines is 1. The van der Waals surface area contributed by atoms with Crippen LogP contribution in [0.4, 0.5) is 10.5 Å². The molecule has 0 radical (unpaired) electrons. The number of ether oxygens (including phenoxy) is 2. The van der Waals surface area contributed by atoms with Gasteiger partial charge in [-0.15, -0.1) is 0 Å². The molecule has 0 saturated heterocycles. The molecule has 0 aliphatic heterocycles. The zero-order valence-electron chi connectivity index (χ0n) is 13.2. The fraction of sp³-hybridized carbons (Fsp3) is 0.533. The van der Waals surface area contributed by atoms with E-state index in [0.717, 1.165) is 5.56 Å². The molecule has 0 fully saturated rings. The van der Waals surface area contributed by atoms with Crippen LogP contribution < -0.4 is 15.8 Å². The van der Waals surface area contributed by atoms with E-state index < -0.39 is 11.7 Å². The number of rotatable bonds is 4. The maximum atomic E-state index is 11.8. The normalized spacial score (nSPS) is 12.7. The molecule has 21 heavy (non-hydrogen) atoms. The Morgan fingerprint density at radius 3 is 2.52 bits per heavy atom. The van der Waals surface area contributed by atoms with Crippen LogP contribution in [0.25, 0.3) is 0 Å². The third-order valence-electron chi connectivity index (χ3n) is 2.55. The Bertz CT molecular complexity index is 507. The van der Waals surface area contributed by atoms with Crippen molar-refractivity contribution in [2.45, 2.75) is 45.8 Å². The molecule has 6 nitrogen and oxygen atoms in total. The predicted octanol–water partition coefficient (Wildman–Crippen LogP) is 2.64. The minimum Gasteiger partial charge on any atom is -0.503 e. The van der Waals surface area contributed by atoms with Crippen LogP contribution in [0.3, 0.4) is 0 Å². The molecule has 0 bridgehead atoms. The largest absolute Gasteiger partial charge is 0.503 e. The van der Waals surface area contributed by atoms with Gasteiger partial charge in [-0.3, -0.25) is 5.32 Å². The van der Waals surface area contributed by atoms with Crippen molar-refractivity contribution in [1.29, 1.82) is 0 Å². The van der Waals surface area contributed by atoms with Gasteiger partial charge in [0.1, 0.15) is 5.60 Å². The van der Waals surface area contributed by atoms with Crippen LogP contribution in [-0.2, 0) is 11.2 Å². The van der Waals surface area contributed by atoms with Crippen molar-refractivity contribution in [1.82, 2.24) is 0 Å². The van der Waals surface area contributed by atoms with E-state index in [9.17, 15) is 9.90 Å². The van der Waals surface area contributed by atoms with Crippen molar-refractivity contribution >= 4 is 11.8 Å². The Labute approximate surface area is 125 Å². The van der Waals surface area contributed by atoms with Gasteiger partial charge in [0.15, 0.2) is 11.5 Å². The van der Waals surface area contributed by atoms with Crippen LogP contribution in [0.5, 0.6) is 11.5 Å². The molecule has 1 amide bonds. The van der Waals surface area contributed by atoms with Gasteiger partial charge in [0, 0.05) is 6.04 Å². The molecule has 0 unspecified atom stereocenters. The van der Waals surface area contributed by atoms with E-state index in [4.69, 9.17) is 15.2 Å². The first-order valence-electron chi connectivity index (χ1n) is 6.78. The average molecular weight is 296 g/mol. The summed E-state index contributed by atoms with van der Waals surface area (Å²) in [6, 6.07) is 3.30. The van der Waals surface area contributed by atoms with Crippen LogP contribution in [0.2, 0.25) is 0 Å². The quantitative estimate of drug-likeness (QED) is 0.743. The zero-order valence-corrected chi connectivity index (χ0v) is 13.2. The van der Waals surface area contributed by atoms with E-state index in [0.29, 0.717) is 6.42 Å². The van der Waals surface area contributed by atoms with Crippen molar-refractivity contribution in [3.05, 3.63) is 17.7 Å². The van der Waals surface area contributed by atoms with Crippen molar-refractivity contribution < 1.29 is 19.4 Å². The molecule has 0 aliphatic carbocycles. The summed E-state index contributed by atoms with van der Waals surface area (Å²) in [4.78, 5) is 11.8. The van der Waals surface area contributed by atoms with Crippen molar-refractivity contribution in [3.63, 3.8) is 0 Å². The molecular formula is C15H24N2O4. The van der Waals surface area contributed by atoms with Crippen LogP contribution in [0.15, 0.2) is 12.1 Å². The lowest BCUT2D eigenvalue weighted by atomic mass is 10.1. The van der Waals surface area contributed by atoms with E-state index in [-0.39, 0.29) is 23.2 Å². The first-order valence-corrected chi connectivity index (χ1v) is 6.78. The molecule has 1 rings (SSSR count). The third kappa shape index (κ3) is 5.51. The van der Waals surface area contributed by atoms with Gasteiger partial charge in [0.25, 0.3) is 0 Å². The van der Waals surface area contributed by atoms with Crippen LogP contribution >= 0.6 is 0 Å². The molecule has 0 aliphatic rings. The van der Waals surface area contributed by atoms with Crippen molar-refractivity contribution in [2.24, 2.45) is 5.73 Å². The van der Waals surface area contributed by atoms with Crippen molar-refractivity contribution in [3.8, 4) is 11.5 Å². The lowest BCUT2D eigenvalue weighted by Crippen LogP contribution is -2.27. The zero-order chi connectivity index (χ0) is 16.2. The van der Waals surface area contributed by atoms with Gasteiger partial charge in [0.2, 0.25) is 0 Å². The number of nitrogens with one attached hydrogen (secondary N) is 1. The fourth-order valence-electron chi connectivity index (χ4n) is 1.82. The second-order valence-electron chi connectivity index (χ2n) is 6.00. The number of benzene rings is 1. The molecule has 118 valence electrons. The molecule has 6 heteroatoms.